The van der Waals surface area contributed by atoms with Crippen LogP contribution in [0.1, 0.15) is 0 Å². The number of fused-ring (bicyclic) bond motifs is 9. The quantitative estimate of drug-likeness (QED) is 0.138. The van der Waals surface area contributed by atoms with Crippen LogP contribution in [0.5, 0.6) is 0 Å². The van der Waals surface area contributed by atoms with Gasteiger partial charge in [-0.05, 0) is 36.4 Å². The summed E-state index contributed by atoms with van der Waals surface area (Å²) in [4.78, 5) is 10.4. The lowest BCUT2D eigenvalue weighted by Gasteiger charge is -2.26. The van der Waals surface area contributed by atoms with E-state index in [1.807, 2.05) is 7.05 Å². The molecule has 0 N–H and O–H groups in total. The monoisotopic (exact) mass is 594 g/mol. The highest BCUT2D eigenvalue weighted by Gasteiger charge is 2.24. The van der Waals surface area contributed by atoms with Crippen LogP contribution in [0.3, 0.4) is 0 Å². The minimum Gasteiger partial charge on any atom is -0.278 e. The first kappa shape index (κ1) is 26.3. The summed E-state index contributed by atoms with van der Waals surface area (Å²) < 4.78 is 6.72. The largest absolute Gasteiger partial charge is 0.278 e. The molecule has 3 heterocycles. The van der Waals surface area contributed by atoms with Gasteiger partial charge >= 0.3 is 0 Å². The van der Waals surface area contributed by atoms with E-state index in [4.69, 9.17) is 9.98 Å². The summed E-state index contributed by atoms with van der Waals surface area (Å²) in [6.07, 6.45) is 0. The summed E-state index contributed by atoms with van der Waals surface area (Å²) in [6.45, 7) is 0. The molecule has 3 aromatic heterocycles. The number of para-hydroxylation sites is 6. The Kier molecular flexibility index (Phi) is 5.83. The maximum absolute atomic E-state index is 5.55. The van der Waals surface area contributed by atoms with Crippen molar-refractivity contribution in [3.05, 3.63) is 146 Å². The Bertz CT molecular complexity index is 2520. The van der Waals surface area contributed by atoms with Crippen LogP contribution < -0.4 is 5.01 Å². The molecule has 9 rings (SSSR count). The predicted molar refractivity (Wildman–Crippen MR) is 194 cm³/mol. The molecule has 6 aromatic carbocycles. The number of aromatic nitrogens is 3. The molecule has 0 saturated carbocycles. The van der Waals surface area contributed by atoms with E-state index in [0.717, 1.165) is 39.1 Å². The fraction of sp³-hybridized carbons (Fsp3) is 0.0500. The number of hydrogen-bond acceptors (Lipinski definition) is 1. The zero-order chi connectivity index (χ0) is 30.8. The van der Waals surface area contributed by atoms with Gasteiger partial charge < -0.3 is 0 Å². The molecule has 46 heavy (non-hydrogen) atoms. The molecular formula is C40H30N6. The first-order valence-electron chi connectivity index (χ1n) is 15.5. The Labute approximate surface area is 265 Å². The van der Waals surface area contributed by atoms with Crippen LogP contribution in [0.25, 0.3) is 65.4 Å². The molecule has 6 nitrogen and oxygen atoms in total. The van der Waals surface area contributed by atoms with Gasteiger partial charge in [0.15, 0.2) is 0 Å². The van der Waals surface area contributed by atoms with Gasteiger partial charge in [0.1, 0.15) is 0 Å². The molecule has 9 aromatic rings. The molecule has 0 saturated heterocycles. The molecule has 0 aliphatic carbocycles. The molecule has 0 bridgehead atoms. The SMILES string of the molecule is C/N=C(\N=C(/N(C)n1c2ccccc2c2ccccc21)n1c2ccccc2c2ccccc21)n1c2ccccc2c2ccccc21. The Morgan fingerprint density at radius 1 is 0.435 bits per heavy atom. The third-order valence-electron chi connectivity index (χ3n) is 9.10. The molecule has 0 unspecified atom stereocenters. The third-order valence-corrected chi connectivity index (χ3v) is 9.10. The van der Waals surface area contributed by atoms with E-state index in [2.05, 4.69) is 171 Å². The Morgan fingerprint density at radius 3 is 1.11 bits per heavy atom. The summed E-state index contributed by atoms with van der Waals surface area (Å²) >= 11 is 0. The van der Waals surface area contributed by atoms with Crippen LogP contribution in [-0.4, -0.2) is 39.8 Å². The highest BCUT2D eigenvalue weighted by molar-refractivity contribution is 6.20. The van der Waals surface area contributed by atoms with E-state index < -0.39 is 0 Å². The molecular weight excluding hydrogens is 564 g/mol. The molecule has 0 atom stereocenters. The van der Waals surface area contributed by atoms with Crippen LogP contribution in [0, 0.1) is 0 Å². The zero-order valence-electron chi connectivity index (χ0n) is 25.5. The Morgan fingerprint density at radius 2 is 0.739 bits per heavy atom. The third kappa shape index (κ3) is 3.70. The van der Waals surface area contributed by atoms with Crippen molar-refractivity contribution in [1.82, 2.24) is 13.8 Å². The standard InChI is InChI=1S/C40H30N6/c1-41-39(44-33-21-9-3-15-27(33)28-16-4-10-22-34(28)44)42-40(45-35-23-11-5-17-29(35)30-18-6-12-24-36(30)45)43(2)46-37-25-13-7-19-31(37)32-20-8-14-26-38(32)46/h3-26H,1-2H3/b41-39+,42-40+. The lowest BCUT2D eigenvalue weighted by Crippen LogP contribution is -2.41. The van der Waals surface area contributed by atoms with Crippen molar-refractivity contribution in [2.75, 3.05) is 19.1 Å². The van der Waals surface area contributed by atoms with Crippen LogP contribution in [0.15, 0.2) is 156 Å². The lowest BCUT2D eigenvalue weighted by molar-refractivity contribution is 0.840. The Balaban J connectivity index is 1.40. The molecule has 0 aliphatic heterocycles. The number of hydrogen-bond donors (Lipinski definition) is 0. The Hall–Kier alpha value is -6.14. The first-order chi connectivity index (χ1) is 22.7. The van der Waals surface area contributed by atoms with Crippen molar-refractivity contribution in [3.8, 4) is 0 Å². The molecule has 0 amide bonds. The van der Waals surface area contributed by atoms with Crippen LogP contribution in [0.4, 0.5) is 0 Å². The van der Waals surface area contributed by atoms with Crippen LogP contribution in [0.2, 0.25) is 0 Å². The van der Waals surface area contributed by atoms with Gasteiger partial charge in [-0.15, -0.1) is 0 Å². The van der Waals surface area contributed by atoms with Gasteiger partial charge in [0, 0.05) is 46.4 Å². The second-order valence-electron chi connectivity index (χ2n) is 11.5. The van der Waals surface area contributed by atoms with Gasteiger partial charge in [-0.3, -0.25) is 23.8 Å². The molecule has 0 spiro atoms. The minimum absolute atomic E-state index is 0.599. The number of benzene rings is 6. The fourth-order valence-electron chi connectivity index (χ4n) is 7.15. The molecule has 6 heteroatoms. The van der Waals surface area contributed by atoms with Crippen LogP contribution >= 0.6 is 0 Å². The molecule has 0 radical (unpaired) electrons. The maximum atomic E-state index is 5.55. The molecule has 220 valence electrons. The van der Waals surface area contributed by atoms with Crippen molar-refractivity contribution in [2.45, 2.75) is 0 Å². The highest BCUT2D eigenvalue weighted by atomic mass is 15.6. The lowest BCUT2D eigenvalue weighted by atomic mass is 10.2. The number of aliphatic imine (C=N–C) groups is 2. The average Bonchev–Trinajstić information content (AvgIpc) is 3.75. The van der Waals surface area contributed by atoms with Crippen molar-refractivity contribution in [1.29, 1.82) is 0 Å². The van der Waals surface area contributed by atoms with E-state index in [0.29, 0.717) is 5.96 Å². The highest BCUT2D eigenvalue weighted by Crippen LogP contribution is 2.33. The summed E-state index contributed by atoms with van der Waals surface area (Å²) in [7, 11) is 3.92. The van der Waals surface area contributed by atoms with Gasteiger partial charge in [-0.1, -0.05) is 109 Å². The van der Waals surface area contributed by atoms with Gasteiger partial charge in [-0.25, -0.2) is 0 Å². The van der Waals surface area contributed by atoms with Gasteiger partial charge in [-0.2, -0.15) is 4.99 Å². The van der Waals surface area contributed by atoms with Gasteiger partial charge in [0.25, 0.3) is 0 Å². The van der Waals surface area contributed by atoms with Crippen molar-refractivity contribution in [2.24, 2.45) is 9.98 Å². The smallest absolute Gasteiger partial charge is 0.233 e. The molecule has 0 aliphatic rings. The summed E-state index contributed by atoms with van der Waals surface area (Å²) in [5, 5.41) is 9.24. The summed E-state index contributed by atoms with van der Waals surface area (Å²) in [5.74, 6) is 1.33. The van der Waals surface area contributed by atoms with E-state index >= 15 is 0 Å². The summed E-state index contributed by atoms with van der Waals surface area (Å²) in [5.41, 5.74) is 6.49. The second-order valence-corrected chi connectivity index (χ2v) is 11.5. The average molecular weight is 595 g/mol. The number of rotatable bonds is 1. The van der Waals surface area contributed by atoms with Crippen LogP contribution in [-0.2, 0) is 0 Å². The minimum atomic E-state index is 0.599. The normalized spacial score (nSPS) is 12.8. The zero-order valence-corrected chi connectivity index (χ0v) is 25.5. The van der Waals surface area contributed by atoms with E-state index in [1.165, 1.54) is 32.3 Å². The first-order valence-corrected chi connectivity index (χ1v) is 15.5. The summed E-state index contributed by atoms with van der Waals surface area (Å²) in [6, 6.07) is 51.2. The van der Waals surface area contributed by atoms with E-state index in [9.17, 15) is 0 Å². The predicted octanol–water partition coefficient (Wildman–Crippen LogP) is 9.02. The van der Waals surface area contributed by atoms with Crippen molar-refractivity contribution < 1.29 is 0 Å². The van der Waals surface area contributed by atoms with Crippen molar-refractivity contribution >= 4 is 77.3 Å². The van der Waals surface area contributed by atoms with Crippen molar-refractivity contribution in [3.63, 3.8) is 0 Å². The number of nitrogens with zero attached hydrogens (tertiary/aromatic N) is 6. The maximum Gasteiger partial charge on any atom is 0.233 e. The van der Waals surface area contributed by atoms with E-state index in [-0.39, 0.29) is 0 Å². The topological polar surface area (TPSA) is 42.8 Å². The van der Waals surface area contributed by atoms with E-state index in [1.54, 1.807) is 0 Å². The van der Waals surface area contributed by atoms with Gasteiger partial charge in [0.2, 0.25) is 11.9 Å². The molecule has 0 fully saturated rings. The second kappa shape index (κ2) is 10.2. The van der Waals surface area contributed by atoms with Gasteiger partial charge in [0.05, 0.1) is 33.1 Å². The fourth-order valence-corrected chi connectivity index (χ4v) is 7.15.